The summed E-state index contributed by atoms with van der Waals surface area (Å²) in [6.07, 6.45) is 2.74. The standard InChI is InChI=1S/C17H20N2O2/c1-16(2)10-6-7-17(16,14(20)8-10)15-18-12-5-4-11(21-3)9-13(12)19-15/h4-5,9-10H,6-8H2,1-3H3,(H,18,19). The number of aromatic amines is 1. The number of aromatic nitrogens is 2. The van der Waals surface area contributed by atoms with Crippen LogP contribution in [-0.2, 0) is 10.2 Å². The van der Waals surface area contributed by atoms with Gasteiger partial charge in [0.15, 0.2) is 0 Å². The number of benzene rings is 1. The first-order valence-corrected chi connectivity index (χ1v) is 7.56. The Labute approximate surface area is 123 Å². The van der Waals surface area contributed by atoms with Gasteiger partial charge < -0.3 is 9.72 Å². The van der Waals surface area contributed by atoms with Gasteiger partial charge >= 0.3 is 0 Å². The molecule has 1 N–H and O–H groups in total. The van der Waals surface area contributed by atoms with Gasteiger partial charge in [-0.3, -0.25) is 4.79 Å². The summed E-state index contributed by atoms with van der Waals surface area (Å²) in [6, 6.07) is 5.80. The highest BCUT2D eigenvalue weighted by Gasteiger charge is 2.66. The topological polar surface area (TPSA) is 55.0 Å². The summed E-state index contributed by atoms with van der Waals surface area (Å²) in [6.45, 7) is 4.45. The van der Waals surface area contributed by atoms with Crippen LogP contribution in [-0.4, -0.2) is 22.9 Å². The van der Waals surface area contributed by atoms with Gasteiger partial charge in [0.05, 0.1) is 23.6 Å². The Morgan fingerprint density at radius 1 is 1.38 bits per heavy atom. The molecule has 0 amide bonds. The van der Waals surface area contributed by atoms with E-state index in [9.17, 15) is 4.79 Å². The molecule has 0 aliphatic heterocycles. The summed E-state index contributed by atoms with van der Waals surface area (Å²) in [5.41, 5.74) is 1.41. The Bertz CT molecular complexity index is 746. The first kappa shape index (κ1) is 12.9. The van der Waals surface area contributed by atoms with Crippen LogP contribution in [0.5, 0.6) is 5.75 Å². The molecular formula is C17H20N2O2. The van der Waals surface area contributed by atoms with Crippen LogP contribution in [0.2, 0.25) is 0 Å². The number of hydrogen-bond acceptors (Lipinski definition) is 3. The monoisotopic (exact) mass is 284 g/mol. The van der Waals surface area contributed by atoms with E-state index >= 15 is 0 Å². The summed E-state index contributed by atoms with van der Waals surface area (Å²) in [5.74, 6) is 2.50. The molecule has 1 aromatic heterocycles. The zero-order valence-corrected chi connectivity index (χ0v) is 12.7. The van der Waals surface area contributed by atoms with E-state index in [1.165, 1.54) is 0 Å². The maximum absolute atomic E-state index is 12.7. The van der Waals surface area contributed by atoms with E-state index in [-0.39, 0.29) is 5.41 Å². The third-order valence-electron chi connectivity index (χ3n) is 5.99. The Morgan fingerprint density at radius 2 is 2.19 bits per heavy atom. The molecule has 110 valence electrons. The number of ketones is 1. The van der Waals surface area contributed by atoms with Crippen LogP contribution in [0.25, 0.3) is 11.0 Å². The maximum Gasteiger partial charge on any atom is 0.147 e. The van der Waals surface area contributed by atoms with Crippen molar-refractivity contribution in [3.63, 3.8) is 0 Å². The van der Waals surface area contributed by atoms with E-state index in [1.54, 1.807) is 7.11 Å². The predicted octanol–water partition coefficient (Wildman–Crippen LogP) is 3.22. The fraction of sp³-hybridized carbons (Fsp3) is 0.529. The van der Waals surface area contributed by atoms with Crippen molar-refractivity contribution in [3.05, 3.63) is 24.0 Å². The van der Waals surface area contributed by atoms with E-state index in [0.29, 0.717) is 18.1 Å². The number of nitrogens with one attached hydrogen (secondary N) is 1. The number of carbonyl (C=O) groups is 1. The van der Waals surface area contributed by atoms with Crippen molar-refractivity contribution in [2.75, 3.05) is 7.11 Å². The number of methoxy groups -OCH3 is 1. The molecule has 2 unspecified atom stereocenters. The highest BCUT2D eigenvalue weighted by Crippen LogP contribution is 2.64. The van der Waals surface area contributed by atoms with Crippen molar-refractivity contribution in [2.45, 2.75) is 38.5 Å². The minimum atomic E-state index is -0.427. The fourth-order valence-corrected chi connectivity index (χ4v) is 4.55. The Kier molecular flexibility index (Phi) is 2.37. The van der Waals surface area contributed by atoms with Crippen molar-refractivity contribution >= 4 is 16.8 Å². The molecule has 21 heavy (non-hydrogen) atoms. The van der Waals surface area contributed by atoms with Gasteiger partial charge in [0.25, 0.3) is 0 Å². The van der Waals surface area contributed by atoms with Gasteiger partial charge in [0.2, 0.25) is 0 Å². The van der Waals surface area contributed by atoms with E-state index in [1.807, 2.05) is 18.2 Å². The van der Waals surface area contributed by atoms with Gasteiger partial charge in [-0.25, -0.2) is 4.98 Å². The van der Waals surface area contributed by atoms with Crippen molar-refractivity contribution in [2.24, 2.45) is 11.3 Å². The lowest BCUT2D eigenvalue weighted by atomic mass is 9.68. The van der Waals surface area contributed by atoms with Crippen LogP contribution in [0.15, 0.2) is 18.2 Å². The number of Topliss-reactive ketones (excluding diaryl/α,β-unsaturated/α-hetero) is 1. The van der Waals surface area contributed by atoms with E-state index < -0.39 is 5.41 Å². The van der Waals surface area contributed by atoms with Gasteiger partial charge in [0.1, 0.15) is 17.4 Å². The molecule has 2 aliphatic rings. The van der Waals surface area contributed by atoms with Crippen molar-refractivity contribution in [3.8, 4) is 5.75 Å². The number of hydrogen-bond donors (Lipinski definition) is 1. The van der Waals surface area contributed by atoms with E-state index in [2.05, 4.69) is 18.8 Å². The average Bonchev–Trinajstić information content (AvgIpc) is 3.04. The molecule has 2 saturated carbocycles. The van der Waals surface area contributed by atoms with Crippen molar-refractivity contribution in [1.82, 2.24) is 9.97 Å². The molecule has 0 radical (unpaired) electrons. The van der Waals surface area contributed by atoms with Gasteiger partial charge in [0, 0.05) is 12.5 Å². The summed E-state index contributed by atoms with van der Waals surface area (Å²) in [5, 5.41) is 0. The molecule has 2 aliphatic carbocycles. The Morgan fingerprint density at radius 3 is 2.81 bits per heavy atom. The van der Waals surface area contributed by atoms with Crippen molar-refractivity contribution < 1.29 is 9.53 Å². The van der Waals surface area contributed by atoms with Gasteiger partial charge in [-0.1, -0.05) is 13.8 Å². The average molecular weight is 284 g/mol. The summed E-state index contributed by atoms with van der Waals surface area (Å²) in [4.78, 5) is 20.8. The number of H-pyrrole nitrogens is 1. The number of nitrogens with zero attached hydrogens (tertiary/aromatic N) is 1. The first-order chi connectivity index (χ1) is 9.99. The van der Waals surface area contributed by atoms with Crippen LogP contribution in [0.1, 0.15) is 38.9 Å². The largest absolute Gasteiger partial charge is 0.497 e. The lowest BCUT2D eigenvalue weighted by Gasteiger charge is -2.34. The van der Waals surface area contributed by atoms with E-state index in [0.717, 1.165) is 35.4 Å². The van der Waals surface area contributed by atoms with Crippen LogP contribution >= 0.6 is 0 Å². The number of carbonyl (C=O) groups excluding carboxylic acids is 1. The quantitative estimate of drug-likeness (QED) is 0.921. The maximum atomic E-state index is 12.7. The van der Waals surface area contributed by atoms with Crippen LogP contribution in [0, 0.1) is 11.3 Å². The lowest BCUT2D eigenvalue weighted by molar-refractivity contribution is -0.124. The molecule has 4 heteroatoms. The second-order valence-electron chi connectivity index (χ2n) is 6.96. The fourth-order valence-electron chi connectivity index (χ4n) is 4.55. The third kappa shape index (κ3) is 1.40. The second-order valence-corrected chi connectivity index (χ2v) is 6.96. The van der Waals surface area contributed by atoms with Gasteiger partial charge in [-0.2, -0.15) is 0 Å². The zero-order valence-electron chi connectivity index (χ0n) is 12.7. The minimum absolute atomic E-state index is 0.0119. The summed E-state index contributed by atoms with van der Waals surface area (Å²) >= 11 is 0. The molecule has 4 nitrogen and oxygen atoms in total. The van der Waals surface area contributed by atoms with E-state index in [4.69, 9.17) is 9.72 Å². The number of fused-ring (bicyclic) bond motifs is 3. The predicted molar refractivity (Wildman–Crippen MR) is 80.5 cm³/mol. The molecule has 1 aromatic carbocycles. The smallest absolute Gasteiger partial charge is 0.147 e. The summed E-state index contributed by atoms with van der Waals surface area (Å²) in [7, 11) is 1.66. The SMILES string of the molecule is COc1ccc2nc(C34CCC(CC3=O)C4(C)C)[nH]c2c1. The normalized spacial score (nSPS) is 30.2. The molecular weight excluding hydrogens is 264 g/mol. The highest BCUT2D eigenvalue weighted by atomic mass is 16.5. The molecule has 0 saturated heterocycles. The number of rotatable bonds is 2. The Hall–Kier alpha value is -1.84. The highest BCUT2D eigenvalue weighted by molar-refractivity contribution is 5.95. The van der Waals surface area contributed by atoms with Gasteiger partial charge in [-0.05, 0) is 36.3 Å². The Balaban J connectivity index is 1.91. The molecule has 2 fully saturated rings. The number of ether oxygens (including phenoxy) is 1. The molecule has 2 aromatic rings. The van der Waals surface area contributed by atoms with Crippen LogP contribution in [0.4, 0.5) is 0 Å². The second kappa shape index (κ2) is 3.87. The van der Waals surface area contributed by atoms with Crippen LogP contribution < -0.4 is 4.74 Å². The van der Waals surface area contributed by atoms with Gasteiger partial charge in [-0.15, -0.1) is 0 Å². The lowest BCUT2D eigenvalue weighted by Crippen LogP contribution is -2.41. The summed E-state index contributed by atoms with van der Waals surface area (Å²) < 4.78 is 5.26. The zero-order chi connectivity index (χ0) is 14.8. The molecule has 4 rings (SSSR count). The van der Waals surface area contributed by atoms with Crippen LogP contribution in [0.3, 0.4) is 0 Å². The molecule has 1 heterocycles. The van der Waals surface area contributed by atoms with Crippen molar-refractivity contribution in [1.29, 1.82) is 0 Å². The molecule has 0 spiro atoms. The number of imidazole rings is 1. The first-order valence-electron chi connectivity index (χ1n) is 7.56. The third-order valence-corrected chi connectivity index (χ3v) is 5.99. The molecule has 2 atom stereocenters. The molecule has 2 bridgehead atoms. The minimum Gasteiger partial charge on any atom is -0.497 e.